The highest BCUT2D eigenvalue weighted by molar-refractivity contribution is 9.10. The fraction of sp³-hybridized carbons (Fsp3) is 0.0769. The summed E-state index contributed by atoms with van der Waals surface area (Å²) >= 11 is 3.39. The van der Waals surface area contributed by atoms with E-state index in [0.717, 1.165) is 21.1 Å². The third-order valence-corrected chi connectivity index (χ3v) is 3.06. The Kier molecular flexibility index (Phi) is 2.56. The highest BCUT2D eigenvalue weighted by Gasteiger charge is 2.11. The summed E-state index contributed by atoms with van der Waals surface area (Å²) in [5.41, 5.74) is 9.72. The van der Waals surface area contributed by atoms with Crippen molar-refractivity contribution < 1.29 is 4.42 Å². The van der Waals surface area contributed by atoms with Crippen LogP contribution in [0.3, 0.4) is 0 Å². The first kappa shape index (κ1) is 11.2. The van der Waals surface area contributed by atoms with Crippen molar-refractivity contribution in [2.24, 2.45) is 0 Å². The number of nitrogens with two attached hydrogens (primary N) is 1. The van der Waals surface area contributed by atoms with Crippen LogP contribution in [0.2, 0.25) is 0 Å². The van der Waals surface area contributed by atoms with Crippen LogP contribution in [0.15, 0.2) is 39.5 Å². The smallest absolute Gasteiger partial charge is 0.229 e. The Labute approximate surface area is 112 Å². The van der Waals surface area contributed by atoms with Crippen LogP contribution in [-0.4, -0.2) is 9.97 Å². The van der Waals surface area contributed by atoms with Gasteiger partial charge in [0.1, 0.15) is 5.52 Å². The van der Waals surface area contributed by atoms with E-state index in [1.165, 1.54) is 0 Å². The van der Waals surface area contributed by atoms with Crippen molar-refractivity contribution in [3.05, 3.63) is 40.6 Å². The molecule has 3 aromatic rings. The molecule has 1 aromatic carbocycles. The molecule has 0 amide bonds. The van der Waals surface area contributed by atoms with Crippen molar-refractivity contribution >= 4 is 32.7 Å². The quantitative estimate of drug-likeness (QED) is 0.698. The highest BCUT2D eigenvalue weighted by Crippen LogP contribution is 2.30. The van der Waals surface area contributed by atoms with E-state index in [1.807, 2.05) is 19.1 Å². The number of oxazole rings is 1. The summed E-state index contributed by atoms with van der Waals surface area (Å²) in [6.07, 6.45) is 3.51. The van der Waals surface area contributed by atoms with E-state index in [4.69, 9.17) is 10.2 Å². The molecule has 0 saturated carbocycles. The van der Waals surface area contributed by atoms with Gasteiger partial charge in [-0.2, -0.15) is 0 Å². The van der Waals surface area contributed by atoms with Gasteiger partial charge in [0.05, 0.1) is 11.3 Å². The maximum atomic E-state index is 5.90. The lowest BCUT2D eigenvalue weighted by molar-refractivity contribution is 0.620. The number of aromatic nitrogens is 2. The maximum absolute atomic E-state index is 5.90. The molecular formula is C13H10BrN3O. The van der Waals surface area contributed by atoms with Gasteiger partial charge < -0.3 is 10.2 Å². The summed E-state index contributed by atoms with van der Waals surface area (Å²) in [4.78, 5) is 8.56. The van der Waals surface area contributed by atoms with Gasteiger partial charge in [-0.3, -0.25) is 4.98 Å². The molecule has 0 atom stereocenters. The first-order chi connectivity index (χ1) is 8.63. The number of pyridine rings is 1. The summed E-state index contributed by atoms with van der Waals surface area (Å²) in [6.45, 7) is 1.98. The first-order valence-corrected chi connectivity index (χ1v) is 6.20. The lowest BCUT2D eigenvalue weighted by Crippen LogP contribution is -1.84. The van der Waals surface area contributed by atoms with Crippen molar-refractivity contribution in [2.45, 2.75) is 6.92 Å². The topological polar surface area (TPSA) is 64.9 Å². The Morgan fingerprint density at radius 2 is 2.06 bits per heavy atom. The van der Waals surface area contributed by atoms with Gasteiger partial charge in [-0.1, -0.05) is 15.9 Å². The minimum atomic E-state index is 0.533. The zero-order valence-corrected chi connectivity index (χ0v) is 11.2. The average Bonchev–Trinajstić information content (AvgIpc) is 2.73. The second kappa shape index (κ2) is 4.10. The lowest BCUT2D eigenvalue weighted by atomic mass is 10.2. The van der Waals surface area contributed by atoms with Gasteiger partial charge in [-0.25, -0.2) is 4.98 Å². The molecule has 0 radical (unpaired) electrons. The molecule has 2 heterocycles. The predicted molar refractivity (Wildman–Crippen MR) is 74.1 cm³/mol. The molecule has 0 aliphatic heterocycles. The van der Waals surface area contributed by atoms with Gasteiger partial charge in [0.2, 0.25) is 5.89 Å². The molecule has 0 aliphatic carbocycles. The predicted octanol–water partition coefficient (Wildman–Crippen LogP) is 3.54. The molecule has 2 N–H and O–H groups in total. The van der Waals surface area contributed by atoms with Gasteiger partial charge in [0, 0.05) is 16.9 Å². The van der Waals surface area contributed by atoms with Crippen LogP contribution in [0.1, 0.15) is 5.56 Å². The highest BCUT2D eigenvalue weighted by atomic mass is 79.9. The standard InChI is InChI=1S/C13H10BrN3O/c1-7-2-8(6-16-5-7)13-17-11-4-9(14)3-10(15)12(11)18-13/h2-6H,15H2,1H3. The molecule has 0 aliphatic rings. The van der Waals surface area contributed by atoms with Gasteiger partial charge in [0.15, 0.2) is 5.58 Å². The Bertz CT molecular complexity index is 736. The fourth-order valence-corrected chi connectivity index (χ4v) is 2.28. The second-order valence-corrected chi connectivity index (χ2v) is 5.03. The van der Waals surface area contributed by atoms with Crippen molar-refractivity contribution in [2.75, 3.05) is 5.73 Å². The minimum Gasteiger partial charge on any atom is -0.434 e. The number of nitrogen functional groups attached to an aromatic ring is 1. The molecule has 0 unspecified atom stereocenters. The van der Waals surface area contributed by atoms with Crippen molar-refractivity contribution in [3.8, 4) is 11.5 Å². The van der Waals surface area contributed by atoms with Crippen molar-refractivity contribution in [1.82, 2.24) is 9.97 Å². The number of aryl methyl sites for hydroxylation is 1. The second-order valence-electron chi connectivity index (χ2n) is 4.11. The molecule has 5 heteroatoms. The number of rotatable bonds is 1. The number of halogens is 1. The summed E-state index contributed by atoms with van der Waals surface area (Å²) in [7, 11) is 0. The maximum Gasteiger partial charge on any atom is 0.229 e. The van der Waals surface area contributed by atoms with Crippen molar-refractivity contribution in [1.29, 1.82) is 0 Å². The molecular weight excluding hydrogens is 294 g/mol. The number of hydrogen-bond donors (Lipinski definition) is 1. The van der Waals surface area contributed by atoms with E-state index in [2.05, 4.69) is 25.9 Å². The van der Waals surface area contributed by atoms with Crippen molar-refractivity contribution in [3.63, 3.8) is 0 Å². The number of fused-ring (bicyclic) bond motifs is 1. The van der Waals surface area contributed by atoms with Crippen LogP contribution in [-0.2, 0) is 0 Å². The summed E-state index contributed by atoms with van der Waals surface area (Å²) in [5.74, 6) is 0.533. The molecule has 90 valence electrons. The molecule has 0 fully saturated rings. The molecule has 0 bridgehead atoms. The first-order valence-electron chi connectivity index (χ1n) is 5.41. The van der Waals surface area contributed by atoms with E-state index in [1.54, 1.807) is 18.5 Å². The average molecular weight is 304 g/mol. The Morgan fingerprint density at radius 3 is 2.83 bits per heavy atom. The molecule has 2 aromatic heterocycles. The van der Waals surface area contributed by atoms with Crippen LogP contribution in [0.5, 0.6) is 0 Å². The Hall–Kier alpha value is -1.88. The zero-order chi connectivity index (χ0) is 12.7. The SMILES string of the molecule is Cc1cncc(-c2nc3cc(Br)cc(N)c3o2)c1. The third-order valence-electron chi connectivity index (χ3n) is 2.61. The van der Waals surface area contributed by atoms with E-state index in [9.17, 15) is 0 Å². The zero-order valence-electron chi connectivity index (χ0n) is 9.64. The van der Waals surface area contributed by atoms with Crippen LogP contribution >= 0.6 is 15.9 Å². The van der Waals surface area contributed by atoms with E-state index in [0.29, 0.717) is 17.2 Å². The lowest BCUT2D eigenvalue weighted by Gasteiger charge is -1.95. The minimum absolute atomic E-state index is 0.533. The van der Waals surface area contributed by atoms with E-state index < -0.39 is 0 Å². The summed E-state index contributed by atoms with van der Waals surface area (Å²) < 4.78 is 6.58. The fourth-order valence-electron chi connectivity index (χ4n) is 1.82. The summed E-state index contributed by atoms with van der Waals surface area (Å²) in [5, 5.41) is 0. The molecule has 3 rings (SSSR count). The van der Waals surface area contributed by atoms with Gasteiger partial charge in [-0.15, -0.1) is 0 Å². The Morgan fingerprint density at radius 1 is 1.22 bits per heavy atom. The van der Waals surface area contributed by atoms with Gasteiger partial charge in [0.25, 0.3) is 0 Å². The summed E-state index contributed by atoms with van der Waals surface area (Å²) in [6, 6.07) is 5.65. The molecule has 4 nitrogen and oxygen atoms in total. The Balaban J connectivity index is 2.22. The number of hydrogen-bond acceptors (Lipinski definition) is 4. The third kappa shape index (κ3) is 1.86. The number of anilines is 1. The molecule has 0 saturated heterocycles. The van der Waals surface area contributed by atoms with Crippen LogP contribution < -0.4 is 5.73 Å². The van der Waals surface area contributed by atoms with Gasteiger partial charge >= 0.3 is 0 Å². The largest absolute Gasteiger partial charge is 0.434 e. The van der Waals surface area contributed by atoms with E-state index in [-0.39, 0.29) is 0 Å². The normalized spacial score (nSPS) is 11.0. The van der Waals surface area contributed by atoms with E-state index >= 15 is 0 Å². The van der Waals surface area contributed by atoms with Crippen LogP contribution in [0.4, 0.5) is 5.69 Å². The molecule has 18 heavy (non-hydrogen) atoms. The van der Waals surface area contributed by atoms with Crippen LogP contribution in [0.25, 0.3) is 22.6 Å². The van der Waals surface area contributed by atoms with Crippen LogP contribution in [0, 0.1) is 6.92 Å². The number of nitrogens with zero attached hydrogens (tertiary/aromatic N) is 2. The molecule has 0 spiro atoms. The number of benzene rings is 1. The van der Waals surface area contributed by atoms with Gasteiger partial charge in [-0.05, 0) is 30.7 Å². The monoisotopic (exact) mass is 303 g/mol.